The van der Waals surface area contributed by atoms with Gasteiger partial charge in [0.15, 0.2) is 0 Å². The highest BCUT2D eigenvalue weighted by molar-refractivity contribution is 8.00. The zero-order valence-electron chi connectivity index (χ0n) is 11.9. The van der Waals surface area contributed by atoms with E-state index in [9.17, 15) is 9.59 Å². The van der Waals surface area contributed by atoms with Crippen LogP contribution < -0.4 is 11.1 Å². The van der Waals surface area contributed by atoms with Crippen molar-refractivity contribution in [1.29, 1.82) is 0 Å². The Bertz CT molecular complexity index is 494. The average Bonchev–Trinajstić information content (AvgIpc) is 2.33. The monoisotopic (exact) mass is 296 g/mol. The van der Waals surface area contributed by atoms with E-state index in [1.807, 2.05) is 32.9 Å². The highest BCUT2D eigenvalue weighted by Gasteiger charge is 2.13. The predicted octanol–water partition coefficient (Wildman–Crippen LogP) is 1.70. The Morgan fingerprint density at radius 1 is 1.30 bits per heavy atom. The van der Waals surface area contributed by atoms with Gasteiger partial charge in [-0.1, -0.05) is 17.7 Å². The van der Waals surface area contributed by atoms with Gasteiger partial charge in [-0.2, -0.15) is 0 Å². The molecule has 0 aliphatic rings. The van der Waals surface area contributed by atoms with Gasteiger partial charge in [0, 0.05) is 11.4 Å². The van der Waals surface area contributed by atoms with Gasteiger partial charge < -0.3 is 16.2 Å². The van der Waals surface area contributed by atoms with E-state index in [0.29, 0.717) is 0 Å². The van der Waals surface area contributed by atoms with Crippen molar-refractivity contribution in [3.8, 4) is 0 Å². The van der Waals surface area contributed by atoms with Crippen molar-refractivity contribution in [2.75, 3.05) is 16.8 Å². The van der Waals surface area contributed by atoms with Crippen LogP contribution in [0.1, 0.15) is 16.7 Å². The third-order valence-electron chi connectivity index (χ3n) is 2.79. The lowest BCUT2D eigenvalue weighted by atomic mass is 10.1. The van der Waals surface area contributed by atoms with Crippen LogP contribution in [0.2, 0.25) is 0 Å². The number of carbonyl (C=O) groups excluding carboxylic acids is 1. The van der Waals surface area contributed by atoms with E-state index in [0.717, 1.165) is 22.4 Å². The van der Waals surface area contributed by atoms with Crippen LogP contribution in [-0.4, -0.2) is 34.5 Å². The van der Waals surface area contributed by atoms with Crippen molar-refractivity contribution in [3.63, 3.8) is 0 Å². The van der Waals surface area contributed by atoms with Crippen molar-refractivity contribution in [3.05, 3.63) is 28.8 Å². The van der Waals surface area contributed by atoms with Gasteiger partial charge in [-0.25, -0.2) is 0 Å². The van der Waals surface area contributed by atoms with Crippen molar-refractivity contribution in [2.24, 2.45) is 5.73 Å². The van der Waals surface area contributed by atoms with E-state index < -0.39 is 12.0 Å². The van der Waals surface area contributed by atoms with Gasteiger partial charge in [-0.05, 0) is 31.9 Å². The quantitative estimate of drug-likeness (QED) is 0.743. The van der Waals surface area contributed by atoms with Crippen LogP contribution in [0.3, 0.4) is 0 Å². The first-order valence-electron chi connectivity index (χ1n) is 6.25. The number of aliphatic carboxylic acids is 1. The van der Waals surface area contributed by atoms with Crippen LogP contribution in [0.4, 0.5) is 5.69 Å². The summed E-state index contributed by atoms with van der Waals surface area (Å²) < 4.78 is 0. The summed E-state index contributed by atoms with van der Waals surface area (Å²) >= 11 is 1.21. The lowest BCUT2D eigenvalue weighted by molar-refractivity contribution is -0.137. The van der Waals surface area contributed by atoms with Crippen LogP contribution in [0.25, 0.3) is 0 Å². The van der Waals surface area contributed by atoms with Crippen LogP contribution in [0.5, 0.6) is 0 Å². The highest BCUT2D eigenvalue weighted by Crippen LogP contribution is 2.22. The fourth-order valence-corrected chi connectivity index (χ4v) is 2.67. The summed E-state index contributed by atoms with van der Waals surface area (Å²) in [5, 5.41) is 11.5. The SMILES string of the molecule is Cc1cc(C)c(NC(=O)CSC[C@@H](N)C(=O)O)c(C)c1. The van der Waals surface area contributed by atoms with E-state index >= 15 is 0 Å². The molecular formula is C14H20N2O3S. The van der Waals surface area contributed by atoms with Crippen molar-refractivity contribution >= 4 is 29.3 Å². The molecule has 0 bridgehead atoms. The smallest absolute Gasteiger partial charge is 0.321 e. The molecule has 0 spiro atoms. The Hall–Kier alpha value is -1.53. The van der Waals surface area contributed by atoms with E-state index in [2.05, 4.69) is 5.32 Å². The van der Waals surface area contributed by atoms with E-state index in [4.69, 9.17) is 10.8 Å². The molecule has 1 aromatic rings. The minimum atomic E-state index is -1.05. The van der Waals surface area contributed by atoms with Crippen molar-refractivity contribution in [1.82, 2.24) is 0 Å². The lowest BCUT2D eigenvalue weighted by Gasteiger charge is -2.13. The minimum absolute atomic E-state index is 0.150. The number of nitrogens with one attached hydrogen (secondary N) is 1. The Kier molecular flexibility index (Phi) is 6.04. The van der Waals surface area contributed by atoms with Gasteiger partial charge in [0.1, 0.15) is 6.04 Å². The van der Waals surface area contributed by atoms with Crippen LogP contribution >= 0.6 is 11.8 Å². The number of carbonyl (C=O) groups is 2. The molecular weight excluding hydrogens is 276 g/mol. The molecule has 0 radical (unpaired) electrons. The molecule has 0 saturated carbocycles. The van der Waals surface area contributed by atoms with Crippen LogP contribution in [0.15, 0.2) is 12.1 Å². The zero-order chi connectivity index (χ0) is 15.3. The fourth-order valence-electron chi connectivity index (χ4n) is 1.90. The van der Waals surface area contributed by atoms with Gasteiger partial charge in [-0.3, -0.25) is 9.59 Å². The molecule has 110 valence electrons. The lowest BCUT2D eigenvalue weighted by Crippen LogP contribution is -2.33. The van der Waals surface area contributed by atoms with Crippen molar-refractivity contribution < 1.29 is 14.7 Å². The van der Waals surface area contributed by atoms with Crippen LogP contribution in [0, 0.1) is 20.8 Å². The number of carboxylic acid groups (broad SMARTS) is 1. The third-order valence-corrected chi connectivity index (χ3v) is 3.85. The van der Waals surface area contributed by atoms with Gasteiger partial charge in [0.05, 0.1) is 5.75 Å². The summed E-state index contributed by atoms with van der Waals surface area (Å²) in [7, 11) is 0. The summed E-state index contributed by atoms with van der Waals surface area (Å²) in [5.41, 5.74) is 9.38. The van der Waals surface area contributed by atoms with E-state index in [1.54, 1.807) is 0 Å². The predicted molar refractivity (Wildman–Crippen MR) is 82.2 cm³/mol. The number of hydrogen-bond acceptors (Lipinski definition) is 4. The Morgan fingerprint density at radius 3 is 2.35 bits per heavy atom. The summed E-state index contributed by atoms with van der Waals surface area (Å²) in [4.78, 5) is 22.4. The van der Waals surface area contributed by atoms with Gasteiger partial charge >= 0.3 is 5.97 Å². The molecule has 0 aromatic heterocycles. The molecule has 1 aromatic carbocycles. The third kappa shape index (κ3) is 4.86. The molecule has 0 heterocycles. The Labute approximate surface area is 122 Å². The first kappa shape index (κ1) is 16.5. The molecule has 0 fully saturated rings. The second-order valence-electron chi connectivity index (χ2n) is 4.78. The summed E-state index contributed by atoms with van der Waals surface area (Å²) in [5.74, 6) is -0.798. The summed E-state index contributed by atoms with van der Waals surface area (Å²) in [6, 6.07) is 3.09. The number of benzene rings is 1. The molecule has 0 aliphatic carbocycles. The number of thioether (sulfide) groups is 1. The molecule has 1 amide bonds. The largest absolute Gasteiger partial charge is 0.480 e. The molecule has 20 heavy (non-hydrogen) atoms. The number of aryl methyl sites for hydroxylation is 3. The van der Waals surface area contributed by atoms with Crippen LogP contribution in [-0.2, 0) is 9.59 Å². The number of rotatable bonds is 6. The van der Waals surface area contributed by atoms with Gasteiger partial charge in [-0.15, -0.1) is 11.8 Å². The molecule has 0 saturated heterocycles. The number of hydrogen-bond donors (Lipinski definition) is 3. The second-order valence-corrected chi connectivity index (χ2v) is 5.81. The maximum absolute atomic E-state index is 11.8. The number of amides is 1. The summed E-state index contributed by atoms with van der Waals surface area (Å²) in [6.45, 7) is 5.90. The summed E-state index contributed by atoms with van der Waals surface area (Å²) in [6.07, 6.45) is 0. The molecule has 1 rings (SSSR count). The minimum Gasteiger partial charge on any atom is -0.480 e. The van der Waals surface area contributed by atoms with Gasteiger partial charge in [0.2, 0.25) is 5.91 Å². The number of anilines is 1. The Morgan fingerprint density at radius 2 is 1.85 bits per heavy atom. The average molecular weight is 296 g/mol. The molecule has 0 aliphatic heterocycles. The normalized spacial score (nSPS) is 12.0. The van der Waals surface area contributed by atoms with Gasteiger partial charge in [0.25, 0.3) is 0 Å². The fraction of sp³-hybridized carbons (Fsp3) is 0.429. The standard InChI is InChI=1S/C14H20N2O3S/c1-8-4-9(2)13(10(3)5-8)16-12(17)7-20-6-11(15)14(18)19/h4-5,11H,6-7,15H2,1-3H3,(H,16,17)(H,18,19)/t11-/m1/s1. The maximum atomic E-state index is 11.8. The number of nitrogens with two attached hydrogens (primary N) is 1. The highest BCUT2D eigenvalue weighted by atomic mass is 32.2. The first-order valence-corrected chi connectivity index (χ1v) is 7.40. The van der Waals surface area contributed by atoms with Crippen molar-refractivity contribution in [2.45, 2.75) is 26.8 Å². The molecule has 6 heteroatoms. The Balaban J connectivity index is 2.53. The van der Waals surface area contributed by atoms with E-state index in [1.165, 1.54) is 11.8 Å². The number of carboxylic acids is 1. The van der Waals surface area contributed by atoms with E-state index in [-0.39, 0.29) is 17.4 Å². The molecule has 0 unspecified atom stereocenters. The second kappa shape index (κ2) is 7.31. The zero-order valence-corrected chi connectivity index (χ0v) is 12.7. The molecule has 1 atom stereocenters. The topological polar surface area (TPSA) is 92.4 Å². The first-order chi connectivity index (χ1) is 9.31. The molecule has 5 nitrogen and oxygen atoms in total. The molecule has 4 N–H and O–H groups in total. The maximum Gasteiger partial charge on any atom is 0.321 e.